The molecule has 3 aliphatic rings. The minimum Gasteiger partial charge on any atom is -0.508 e. The summed E-state index contributed by atoms with van der Waals surface area (Å²) in [4.78, 5) is 0. The van der Waals surface area contributed by atoms with Crippen LogP contribution in [0.1, 0.15) is 43.2 Å². The van der Waals surface area contributed by atoms with E-state index in [9.17, 15) is 10.2 Å². The quantitative estimate of drug-likeness (QED) is 0.835. The maximum Gasteiger partial charge on any atom is 0.115 e. The molecule has 0 radical (unpaired) electrons. The fourth-order valence-electron chi connectivity index (χ4n) is 5.85. The van der Waals surface area contributed by atoms with E-state index < -0.39 is 6.17 Å². The number of fused-ring (bicyclic) bond motifs is 5. The Balaban J connectivity index is 1.81. The van der Waals surface area contributed by atoms with Crippen molar-refractivity contribution in [2.45, 2.75) is 56.9 Å². The number of aliphatic hydroxyl groups excluding tert-OH is 1. The van der Waals surface area contributed by atoms with Crippen LogP contribution in [-0.4, -0.2) is 35.7 Å². The third kappa shape index (κ3) is 2.22. The normalized spacial score (nSPS) is 45.2. The number of phenols is 1. The standard InChI is InChI=1S/C19H25FO3/c1-19-8-12(22)7-14(19)18-16(23-2)6-10-5-11(21)3-4-13(10)17(18)15(20)9-19/h3-5,12,14-18,21-22H,6-9H2,1-2H3/t12-,14-,15-,16-,17-,18+,19-/m0/s1. The number of hydrogen-bond acceptors (Lipinski definition) is 3. The average molecular weight is 320 g/mol. The van der Waals surface area contributed by atoms with Gasteiger partial charge in [-0.3, -0.25) is 0 Å². The smallest absolute Gasteiger partial charge is 0.115 e. The second-order valence-electron chi connectivity index (χ2n) is 8.04. The van der Waals surface area contributed by atoms with Gasteiger partial charge in [0.25, 0.3) is 0 Å². The zero-order valence-electron chi connectivity index (χ0n) is 13.7. The van der Waals surface area contributed by atoms with Crippen LogP contribution < -0.4 is 0 Å². The lowest BCUT2D eigenvalue weighted by molar-refractivity contribution is -0.0736. The number of ether oxygens (including phenoxy) is 1. The summed E-state index contributed by atoms with van der Waals surface area (Å²) in [6, 6.07) is 5.30. The van der Waals surface area contributed by atoms with E-state index in [4.69, 9.17) is 4.74 Å². The summed E-state index contributed by atoms with van der Waals surface area (Å²) in [5.41, 5.74) is 1.89. The molecular weight excluding hydrogens is 295 g/mol. The van der Waals surface area contributed by atoms with Gasteiger partial charge in [0.15, 0.2) is 0 Å². The van der Waals surface area contributed by atoms with Crippen LogP contribution >= 0.6 is 0 Å². The lowest BCUT2D eigenvalue weighted by atomic mass is 9.54. The van der Waals surface area contributed by atoms with Gasteiger partial charge in [0.2, 0.25) is 0 Å². The van der Waals surface area contributed by atoms with E-state index in [0.717, 1.165) is 17.5 Å². The van der Waals surface area contributed by atoms with Crippen molar-refractivity contribution in [3.8, 4) is 5.75 Å². The number of benzene rings is 1. The van der Waals surface area contributed by atoms with E-state index in [2.05, 4.69) is 6.92 Å². The van der Waals surface area contributed by atoms with Crippen molar-refractivity contribution < 1.29 is 19.3 Å². The minimum atomic E-state index is -0.923. The number of phenolic OH excluding ortho intramolecular Hbond substituents is 1. The topological polar surface area (TPSA) is 49.7 Å². The first-order valence-corrected chi connectivity index (χ1v) is 8.59. The molecule has 0 aromatic heterocycles. The van der Waals surface area contributed by atoms with Crippen LogP contribution in [0.5, 0.6) is 5.75 Å². The van der Waals surface area contributed by atoms with Crippen molar-refractivity contribution in [2.75, 3.05) is 7.11 Å². The second kappa shape index (κ2) is 5.18. The van der Waals surface area contributed by atoms with Crippen LogP contribution in [0.2, 0.25) is 0 Å². The molecule has 7 atom stereocenters. The first kappa shape index (κ1) is 15.4. The summed E-state index contributed by atoms with van der Waals surface area (Å²) < 4.78 is 21.0. The zero-order valence-corrected chi connectivity index (χ0v) is 13.7. The molecule has 0 spiro atoms. The highest BCUT2D eigenvalue weighted by atomic mass is 19.1. The van der Waals surface area contributed by atoms with Crippen molar-refractivity contribution in [3.63, 3.8) is 0 Å². The number of alkyl halides is 1. The molecule has 126 valence electrons. The van der Waals surface area contributed by atoms with Gasteiger partial charge >= 0.3 is 0 Å². The molecule has 3 aliphatic carbocycles. The van der Waals surface area contributed by atoms with Crippen molar-refractivity contribution in [1.82, 2.24) is 0 Å². The first-order valence-electron chi connectivity index (χ1n) is 8.59. The molecule has 4 heteroatoms. The Kier molecular flexibility index (Phi) is 3.47. The molecular formula is C19H25FO3. The number of halogens is 1. The van der Waals surface area contributed by atoms with Gasteiger partial charge in [-0.15, -0.1) is 0 Å². The van der Waals surface area contributed by atoms with Crippen molar-refractivity contribution >= 4 is 0 Å². The van der Waals surface area contributed by atoms with E-state index in [-0.39, 0.29) is 35.2 Å². The molecule has 0 unspecified atom stereocenters. The van der Waals surface area contributed by atoms with Crippen LogP contribution in [0.3, 0.4) is 0 Å². The first-order chi connectivity index (χ1) is 10.9. The second-order valence-corrected chi connectivity index (χ2v) is 8.04. The van der Waals surface area contributed by atoms with Crippen LogP contribution in [0.15, 0.2) is 18.2 Å². The van der Waals surface area contributed by atoms with Gasteiger partial charge in [0.05, 0.1) is 12.2 Å². The highest BCUT2D eigenvalue weighted by Crippen LogP contribution is 2.62. The largest absolute Gasteiger partial charge is 0.508 e. The van der Waals surface area contributed by atoms with Gasteiger partial charge in [-0.2, -0.15) is 0 Å². The maximum absolute atomic E-state index is 15.2. The van der Waals surface area contributed by atoms with Crippen LogP contribution in [0, 0.1) is 17.3 Å². The Morgan fingerprint density at radius 2 is 2.09 bits per heavy atom. The number of rotatable bonds is 1. The van der Waals surface area contributed by atoms with Crippen molar-refractivity contribution in [1.29, 1.82) is 0 Å². The average Bonchev–Trinajstić information content (AvgIpc) is 2.79. The van der Waals surface area contributed by atoms with E-state index in [1.807, 2.05) is 6.07 Å². The van der Waals surface area contributed by atoms with Crippen LogP contribution in [0.4, 0.5) is 4.39 Å². The molecule has 2 saturated carbocycles. The van der Waals surface area contributed by atoms with Gasteiger partial charge in [-0.25, -0.2) is 4.39 Å². The highest BCUT2D eigenvalue weighted by Gasteiger charge is 2.59. The van der Waals surface area contributed by atoms with Crippen LogP contribution in [0.25, 0.3) is 0 Å². The predicted molar refractivity (Wildman–Crippen MR) is 85.2 cm³/mol. The molecule has 4 rings (SSSR count). The third-order valence-corrected chi connectivity index (χ3v) is 6.69. The number of methoxy groups -OCH3 is 1. The summed E-state index contributed by atoms with van der Waals surface area (Å²) in [7, 11) is 1.69. The Labute approximate surface area is 136 Å². The van der Waals surface area contributed by atoms with E-state index in [0.29, 0.717) is 25.2 Å². The van der Waals surface area contributed by atoms with Gasteiger partial charge in [0.1, 0.15) is 11.9 Å². The Morgan fingerprint density at radius 1 is 1.30 bits per heavy atom. The molecule has 1 aromatic rings. The maximum atomic E-state index is 15.2. The van der Waals surface area contributed by atoms with Gasteiger partial charge in [0, 0.05) is 13.0 Å². The Bertz CT molecular complexity index is 619. The molecule has 1 aromatic carbocycles. The molecule has 0 bridgehead atoms. The lowest BCUT2D eigenvalue weighted by Gasteiger charge is -2.52. The van der Waals surface area contributed by atoms with Crippen LogP contribution in [-0.2, 0) is 11.2 Å². The Hall–Kier alpha value is -1.13. The van der Waals surface area contributed by atoms with Gasteiger partial charge < -0.3 is 14.9 Å². The lowest BCUT2D eigenvalue weighted by Crippen LogP contribution is -2.51. The van der Waals surface area contributed by atoms with Crippen molar-refractivity contribution in [2.24, 2.45) is 17.3 Å². The Morgan fingerprint density at radius 3 is 2.83 bits per heavy atom. The molecule has 0 aliphatic heterocycles. The zero-order chi connectivity index (χ0) is 16.4. The molecule has 0 saturated heterocycles. The van der Waals surface area contributed by atoms with E-state index >= 15 is 4.39 Å². The summed E-state index contributed by atoms with van der Waals surface area (Å²) in [6.07, 6.45) is 1.35. The molecule has 0 heterocycles. The molecule has 0 amide bonds. The monoisotopic (exact) mass is 320 g/mol. The molecule has 2 fully saturated rings. The molecule has 2 N–H and O–H groups in total. The fourth-order valence-corrected chi connectivity index (χ4v) is 5.85. The highest BCUT2D eigenvalue weighted by molar-refractivity contribution is 5.42. The number of hydrogen-bond donors (Lipinski definition) is 2. The van der Waals surface area contributed by atoms with Gasteiger partial charge in [-0.1, -0.05) is 13.0 Å². The third-order valence-electron chi connectivity index (χ3n) is 6.69. The van der Waals surface area contributed by atoms with E-state index in [1.54, 1.807) is 19.2 Å². The fraction of sp³-hybridized carbons (Fsp3) is 0.684. The molecule has 3 nitrogen and oxygen atoms in total. The predicted octanol–water partition coefficient (Wildman–Crippen LogP) is 3.18. The summed E-state index contributed by atoms with van der Waals surface area (Å²) in [5.74, 6) is 0.432. The number of aliphatic hydroxyl groups is 1. The SMILES string of the molecule is CO[C@H]1Cc2cc(O)ccc2[C@@H]2[C@@H]1[C@@H]1C[C@H](O)C[C@@]1(C)C[C@@H]2F. The van der Waals surface area contributed by atoms with E-state index in [1.165, 1.54) is 0 Å². The summed E-state index contributed by atoms with van der Waals surface area (Å²) in [6.45, 7) is 2.13. The number of aromatic hydroxyl groups is 1. The van der Waals surface area contributed by atoms with Gasteiger partial charge in [-0.05, 0) is 66.2 Å². The van der Waals surface area contributed by atoms with Crippen molar-refractivity contribution in [3.05, 3.63) is 29.3 Å². The minimum absolute atomic E-state index is 0.0533. The molecule has 23 heavy (non-hydrogen) atoms. The summed E-state index contributed by atoms with van der Waals surface area (Å²) in [5, 5.41) is 20.0. The summed E-state index contributed by atoms with van der Waals surface area (Å²) >= 11 is 0.